The van der Waals surface area contributed by atoms with Crippen LogP contribution in [0.5, 0.6) is 0 Å². The summed E-state index contributed by atoms with van der Waals surface area (Å²) < 4.78 is -0.618. The van der Waals surface area contributed by atoms with E-state index in [0.717, 1.165) is 0 Å². The van der Waals surface area contributed by atoms with E-state index in [1.165, 1.54) is 16.7 Å². The normalized spacial score (nSPS) is 25.5. The molecule has 27 heavy (non-hydrogen) atoms. The van der Waals surface area contributed by atoms with E-state index < -0.39 is 34.7 Å². The maximum atomic E-state index is 12.3. The highest BCUT2D eigenvalue weighted by atomic mass is 32.2. The number of benzene rings is 1. The molecule has 10 nitrogen and oxygen atoms in total. The molecule has 2 aliphatic rings. The summed E-state index contributed by atoms with van der Waals surface area (Å²) in [5, 5.41) is 11.7. The second kappa shape index (κ2) is 8.67. The van der Waals surface area contributed by atoms with Crippen molar-refractivity contribution in [2.75, 3.05) is 0 Å². The summed E-state index contributed by atoms with van der Waals surface area (Å²) in [6, 6.07) is 6.38. The lowest BCUT2D eigenvalue weighted by molar-refractivity contribution is -0.161. The molecule has 152 valence electrons. The van der Waals surface area contributed by atoms with E-state index in [1.807, 2.05) is 6.07 Å². The van der Waals surface area contributed by atoms with E-state index in [2.05, 4.69) is 5.32 Å². The van der Waals surface area contributed by atoms with Crippen LogP contribution in [0.3, 0.4) is 0 Å². The standard InChI is InChI=1S/C16H19N3O4S.3H2O/c1-16(2)11(15(22)23)19-13(21)10(14(19)24-16)18-12(20)9(17)8-6-4-3-5-7-8;;;/h3-7,9-11,14H,17H2,1-2H3,(H,18,20)(H,22,23);3*1H2/t9?,10?,11-,14+;;;/m0.../s1. The van der Waals surface area contributed by atoms with E-state index in [1.54, 1.807) is 38.1 Å². The predicted molar refractivity (Wildman–Crippen MR) is 99.9 cm³/mol. The largest absolute Gasteiger partial charge is 0.480 e. The number of thioether (sulfide) groups is 1. The van der Waals surface area contributed by atoms with Gasteiger partial charge in [0.15, 0.2) is 0 Å². The van der Waals surface area contributed by atoms with Crippen LogP contribution < -0.4 is 11.1 Å². The molecule has 0 radical (unpaired) electrons. The molecule has 0 spiro atoms. The Labute approximate surface area is 160 Å². The SMILES string of the molecule is CC1(C)S[C@@H]2C(NC(=O)C(N)c3ccccc3)C(=O)N2[C@H]1C(=O)O.O.O.O. The van der Waals surface area contributed by atoms with E-state index in [4.69, 9.17) is 5.73 Å². The van der Waals surface area contributed by atoms with E-state index in [9.17, 15) is 19.5 Å². The van der Waals surface area contributed by atoms with Gasteiger partial charge in [0, 0.05) is 4.75 Å². The van der Waals surface area contributed by atoms with Gasteiger partial charge in [0.2, 0.25) is 11.8 Å². The Morgan fingerprint density at radius 1 is 1.22 bits per heavy atom. The molecule has 3 rings (SSSR count). The van der Waals surface area contributed by atoms with Crippen molar-refractivity contribution in [2.24, 2.45) is 5.73 Å². The zero-order valence-corrected chi connectivity index (χ0v) is 15.6. The number of carbonyl (C=O) groups excluding carboxylic acids is 2. The van der Waals surface area contributed by atoms with Gasteiger partial charge in [-0.2, -0.15) is 0 Å². The van der Waals surface area contributed by atoms with Crippen LogP contribution in [0.25, 0.3) is 0 Å². The molecule has 10 N–H and O–H groups in total. The van der Waals surface area contributed by atoms with Gasteiger partial charge >= 0.3 is 5.97 Å². The fourth-order valence-corrected chi connectivity index (χ4v) is 4.83. The van der Waals surface area contributed by atoms with Crippen molar-refractivity contribution in [3.8, 4) is 0 Å². The number of nitrogens with one attached hydrogen (secondary N) is 1. The van der Waals surface area contributed by atoms with Crippen LogP contribution in [0.4, 0.5) is 0 Å². The molecule has 0 saturated carbocycles. The van der Waals surface area contributed by atoms with Crippen molar-refractivity contribution >= 4 is 29.5 Å². The van der Waals surface area contributed by atoms with Gasteiger partial charge < -0.3 is 37.5 Å². The summed E-state index contributed by atoms with van der Waals surface area (Å²) in [6.45, 7) is 3.58. The molecular weight excluding hydrogens is 378 g/mol. The number of β-lactam (4-membered cyclic amide) rings is 1. The Balaban J connectivity index is 0.00000225. The molecule has 2 heterocycles. The Bertz CT molecular complexity index is 701. The number of hydrogen-bond donors (Lipinski definition) is 3. The number of rotatable bonds is 4. The number of nitrogens with two attached hydrogens (primary N) is 1. The average Bonchev–Trinajstić information content (AvgIpc) is 2.80. The summed E-state index contributed by atoms with van der Waals surface area (Å²) in [5.41, 5.74) is 6.59. The Kier molecular flexibility index (Phi) is 7.97. The summed E-state index contributed by atoms with van der Waals surface area (Å²) in [4.78, 5) is 37.5. The van der Waals surface area contributed by atoms with Gasteiger partial charge in [-0.15, -0.1) is 11.8 Å². The van der Waals surface area contributed by atoms with Crippen molar-refractivity contribution in [3.05, 3.63) is 35.9 Å². The van der Waals surface area contributed by atoms with E-state index in [0.29, 0.717) is 5.56 Å². The first-order chi connectivity index (χ1) is 11.2. The number of carboxylic acids is 1. The predicted octanol–water partition coefficient (Wildman–Crippen LogP) is -2.16. The monoisotopic (exact) mass is 403 g/mol. The number of nitrogens with zero attached hydrogens (tertiary/aromatic N) is 1. The van der Waals surface area contributed by atoms with Gasteiger partial charge in [-0.3, -0.25) is 9.59 Å². The average molecular weight is 403 g/mol. The summed E-state index contributed by atoms with van der Waals surface area (Å²) in [7, 11) is 0. The molecular formula is C16H25N3O7S. The highest BCUT2D eigenvalue weighted by Crippen LogP contribution is 2.50. The van der Waals surface area contributed by atoms with Crippen LogP contribution in [0, 0.1) is 0 Å². The highest BCUT2D eigenvalue weighted by Gasteiger charge is 2.64. The van der Waals surface area contributed by atoms with E-state index in [-0.39, 0.29) is 27.7 Å². The lowest BCUT2D eigenvalue weighted by atomic mass is 9.95. The van der Waals surface area contributed by atoms with E-state index >= 15 is 0 Å². The molecule has 1 aromatic rings. The maximum Gasteiger partial charge on any atom is 0.327 e. The number of carbonyl (C=O) groups is 3. The molecule has 2 amide bonds. The highest BCUT2D eigenvalue weighted by molar-refractivity contribution is 8.01. The number of amides is 2. The first-order valence-corrected chi connectivity index (χ1v) is 8.45. The van der Waals surface area contributed by atoms with Gasteiger partial charge in [0.25, 0.3) is 0 Å². The Morgan fingerprint density at radius 2 is 1.78 bits per heavy atom. The maximum absolute atomic E-state index is 12.3. The summed E-state index contributed by atoms with van der Waals surface area (Å²) in [5.74, 6) is -1.86. The van der Waals surface area contributed by atoms with Crippen LogP contribution in [-0.4, -0.2) is 66.4 Å². The lowest BCUT2D eigenvalue weighted by Crippen LogP contribution is -2.71. The van der Waals surface area contributed by atoms with Gasteiger partial charge in [-0.1, -0.05) is 30.3 Å². The Hall–Kier alpha value is -2.18. The zero-order valence-electron chi connectivity index (χ0n) is 14.8. The minimum absolute atomic E-state index is 0. The topological polar surface area (TPSA) is 207 Å². The van der Waals surface area contributed by atoms with Crippen LogP contribution in [0.1, 0.15) is 25.5 Å². The summed E-state index contributed by atoms with van der Waals surface area (Å²) in [6.07, 6.45) is 0. The second-order valence-electron chi connectivity index (χ2n) is 6.47. The third-order valence-electron chi connectivity index (χ3n) is 4.41. The quantitative estimate of drug-likeness (QED) is 0.477. The van der Waals surface area contributed by atoms with Gasteiger partial charge in [-0.05, 0) is 19.4 Å². The lowest BCUT2D eigenvalue weighted by Gasteiger charge is -2.43. The van der Waals surface area contributed by atoms with Gasteiger partial charge in [0.05, 0.1) is 0 Å². The minimum atomic E-state index is -1.03. The fourth-order valence-electron chi connectivity index (χ4n) is 3.20. The minimum Gasteiger partial charge on any atom is -0.480 e. The molecule has 2 fully saturated rings. The molecule has 4 atom stereocenters. The van der Waals surface area contributed by atoms with Crippen molar-refractivity contribution in [1.82, 2.24) is 10.2 Å². The second-order valence-corrected chi connectivity index (χ2v) is 8.24. The number of fused-ring (bicyclic) bond motifs is 1. The van der Waals surface area contributed by atoms with Gasteiger partial charge in [-0.25, -0.2) is 4.79 Å². The van der Waals surface area contributed by atoms with Crippen LogP contribution in [0.15, 0.2) is 30.3 Å². The molecule has 0 aromatic heterocycles. The van der Waals surface area contributed by atoms with Crippen LogP contribution in [0.2, 0.25) is 0 Å². The van der Waals surface area contributed by atoms with Crippen molar-refractivity contribution < 1.29 is 35.9 Å². The molecule has 2 aliphatic heterocycles. The number of aliphatic carboxylic acids is 1. The third kappa shape index (κ3) is 4.06. The molecule has 11 heteroatoms. The molecule has 0 aliphatic carbocycles. The molecule has 1 aromatic carbocycles. The molecule has 0 bridgehead atoms. The first-order valence-electron chi connectivity index (χ1n) is 7.58. The van der Waals surface area contributed by atoms with Crippen LogP contribution >= 0.6 is 11.8 Å². The Morgan fingerprint density at radius 3 is 2.30 bits per heavy atom. The van der Waals surface area contributed by atoms with Crippen LogP contribution in [-0.2, 0) is 14.4 Å². The number of hydrogen-bond acceptors (Lipinski definition) is 5. The van der Waals surface area contributed by atoms with Gasteiger partial charge in [0.1, 0.15) is 23.5 Å². The van der Waals surface area contributed by atoms with Crippen molar-refractivity contribution in [2.45, 2.75) is 42.1 Å². The number of carboxylic acid groups (broad SMARTS) is 1. The zero-order chi connectivity index (χ0) is 17.6. The molecule has 2 unspecified atom stereocenters. The first kappa shape index (κ1) is 24.8. The smallest absolute Gasteiger partial charge is 0.327 e. The molecule has 2 saturated heterocycles. The fraction of sp³-hybridized carbons (Fsp3) is 0.438. The van der Waals surface area contributed by atoms with Crippen molar-refractivity contribution in [1.29, 1.82) is 0 Å². The third-order valence-corrected chi connectivity index (χ3v) is 5.99. The summed E-state index contributed by atoms with van der Waals surface area (Å²) >= 11 is 1.38. The van der Waals surface area contributed by atoms with Crippen molar-refractivity contribution in [3.63, 3.8) is 0 Å².